The van der Waals surface area contributed by atoms with Gasteiger partial charge in [0.15, 0.2) is 6.23 Å². The Morgan fingerprint density at radius 2 is 1.95 bits per heavy atom. The first-order chi connectivity index (χ1) is 18.2. The van der Waals surface area contributed by atoms with E-state index in [0.29, 0.717) is 0 Å². The van der Waals surface area contributed by atoms with E-state index in [1.54, 1.807) is 0 Å². The van der Waals surface area contributed by atoms with Gasteiger partial charge in [0, 0.05) is 13.1 Å². The fourth-order valence-electron chi connectivity index (χ4n) is 4.02. The summed E-state index contributed by atoms with van der Waals surface area (Å²) in [5.41, 5.74) is 4.51. The molecule has 11 N–H and O–H groups in total. The number of aliphatic hydroxyl groups is 7. The molecule has 1 amide bonds. The maximum atomic E-state index is 12.8. The number of nitrogens with zero attached hydrogens (tertiary/aromatic N) is 2. The summed E-state index contributed by atoms with van der Waals surface area (Å²) in [4.78, 5) is 37.4. The molecule has 3 heterocycles. The van der Waals surface area contributed by atoms with Crippen molar-refractivity contribution in [3.63, 3.8) is 0 Å². The number of aromatic nitrogens is 2. The van der Waals surface area contributed by atoms with Gasteiger partial charge >= 0.3 is 13.3 Å². The summed E-state index contributed by atoms with van der Waals surface area (Å²) in [6.45, 7) is -0.734. The van der Waals surface area contributed by atoms with Crippen LogP contribution in [0.5, 0.6) is 0 Å². The molecule has 2 aliphatic heterocycles. The van der Waals surface area contributed by atoms with E-state index in [1.165, 1.54) is 6.07 Å². The van der Waals surface area contributed by atoms with Gasteiger partial charge in [-0.3, -0.25) is 13.9 Å². The molecule has 0 aromatic carbocycles. The van der Waals surface area contributed by atoms with E-state index in [4.69, 9.17) is 24.8 Å². The van der Waals surface area contributed by atoms with Crippen molar-refractivity contribution in [2.24, 2.45) is 0 Å². The Kier molecular flexibility index (Phi) is 9.84. The first-order valence-electron chi connectivity index (χ1n) is 11.5. The van der Waals surface area contributed by atoms with Gasteiger partial charge in [-0.15, -0.1) is 0 Å². The summed E-state index contributed by atoms with van der Waals surface area (Å²) >= 11 is 0. The number of nitrogens with two attached hydrogens (primary N) is 1. The molecule has 1 aromatic rings. The number of ether oxygens (including phenoxy) is 2. The topological polar surface area (TPSA) is 297 Å². The Bertz CT molecular complexity index is 1170. The largest absolute Gasteiger partial charge is 0.486 e. The Morgan fingerprint density at radius 1 is 1.28 bits per heavy atom. The number of aliphatic hydroxyl groups excluding tert-OH is 7. The molecule has 0 saturated carbocycles. The number of amides is 1. The number of carbonyl (C=O) groups is 1. The predicted molar refractivity (Wildman–Crippen MR) is 126 cm³/mol. The SMILES string of the molecule is CC(=O)N[C@H]1C([C@H](O)[C@H](O)CO)OC(C(O)P(=O)(O)OC[C@H]2O[C@@H](n3ccc(N)nc3=O)[C@@H](O)C2O)=C[C@H]1O. The van der Waals surface area contributed by atoms with Gasteiger partial charge in [-0.05, 0) is 12.1 Å². The maximum absolute atomic E-state index is 12.8. The molecule has 1 aromatic heterocycles. The van der Waals surface area contributed by atoms with Gasteiger partial charge < -0.3 is 65.7 Å². The van der Waals surface area contributed by atoms with Crippen molar-refractivity contribution < 1.29 is 64.0 Å². The van der Waals surface area contributed by atoms with E-state index < -0.39 is 99.0 Å². The minimum absolute atomic E-state index is 0.104. The third-order valence-electron chi connectivity index (χ3n) is 6.07. The number of anilines is 1. The third kappa shape index (κ3) is 6.82. The summed E-state index contributed by atoms with van der Waals surface area (Å²) in [6.07, 6.45) is -11.5. The van der Waals surface area contributed by atoms with Crippen LogP contribution in [-0.4, -0.2) is 124 Å². The van der Waals surface area contributed by atoms with E-state index in [-0.39, 0.29) is 5.82 Å². The summed E-state index contributed by atoms with van der Waals surface area (Å²) in [7, 11) is -5.12. The minimum atomic E-state index is -5.12. The molecule has 0 aliphatic carbocycles. The molecule has 1 fully saturated rings. The number of nitrogens with one attached hydrogen (secondary N) is 1. The summed E-state index contributed by atoms with van der Waals surface area (Å²) in [5, 5.41) is 73.1. The first kappa shape index (κ1) is 31.1. The van der Waals surface area contributed by atoms with Crippen LogP contribution < -0.4 is 16.7 Å². The lowest BCUT2D eigenvalue weighted by Gasteiger charge is -2.40. The van der Waals surface area contributed by atoms with Crippen molar-refractivity contribution in [1.29, 1.82) is 0 Å². The lowest BCUT2D eigenvalue weighted by molar-refractivity contribution is -0.134. The maximum Gasteiger partial charge on any atom is 0.364 e. The van der Waals surface area contributed by atoms with Gasteiger partial charge in [-0.25, -0.2) is 4.79 Å². The van der Waals surface area contributed by atoms with E-state index in [2.05, 4.69) is 10.3 Å². The molecule has 220 valence electrons. The van der Waals surface area contributed by atoms with Gasteiger partial charge in [-0.2, -0.15) is 4.98 Å². The molecule has 0 spiro atoms. The van der Waals surface area contributed by atoms with Crippen LogP contribution in [0.25, 0.3) is 0 Å². The highest BCUT2D eigenvalue weighted by Gasteiger charge is 2.48. The van der Waals surface area contributed by atoms with Gasteiger partial charge in [0.05, 0.1) is 25.4 Å². The van der Waals surface area contributed by atoms with Crippen molar-refractivity contribution in [3.05, 3.63) is 34.6 Å². The number of rotatable bonds is 10. The van der Waals surface area contributed by atoms with Crippen LogP contribution in [-0.2, 0) is 23.4 Å². The van der Waals surface area contributed by atoms with Crippen molar-refractivity contribution in [1.82, 2.24) is 14.9 Å². The third-order valence-corrected chi connectivity index (χ3v) is 7.46. The summed E-state index contributed by atoms with van der Waals surface area (Å²) in [6, 6.07) is -0.154. The molecule has 4 unspecified atom stereocenters. The molecule has 0 bridgehead atoms. The van der Waals surface area contributed by atoms with Gasteiger partial charge in [0.2, 0.25) is 11.8 Å². The minimum Gasteiger partial charge on any atom is -0.486 e. The average molecular weight is 582 g/mol. The van der Waals surface area contributed by atoms with Crippen molar-refractivity contribution in [3.8, 4) is 0 Å². The van der Waals surface area contributed by atoms with Crippen LogP contribution in [0.15, 0.2) is 28.9 Å². The van der Waals surface area contributed by atoms with Crippen LogP contribution in [0.4, 0.5) is 5.82 Å². The van der Waals surface area contributed by atoms with Gasteiger partial charge in [0.25, 0.3) is 0 Å². The zero-order valence-corrected chi connectivity index (χ0v) is 21.3. The highest BCUT2D eigenvalue weighted by Crippen LogP contribution is 2.51. The Balaban J connectivity index is 1.74. The highest BCUT2D eigenvalue weighted by molar-refractivity contribution is 7.53. The molecule has 19 heteroatoms. The van der Waals surface area contributed by atoms with Crippen molar-refractivity contribution in [2.45, 2.75) is 67.8 Å². The van der Waals surface area contributed by atoms with E-state index in [9.17, 15) is 49.7 Å². The molecule has 18 nitrogen and oxygen atoms in total. The second kappa shape index (κ2) is 12.4. The average Bonchev–Trinajstić information content (AvgIpc) is 3.15. The lowest BCUT2D eigenvalue weighted by Crippen LogP contribution is -2.60. The van der Waals surface area contributed by atoms with Crippen molar-refractivity contribution >= 4 is 19.3 Å². The van der Waals surface area contributed by atoms with Crippen molar-refractivity contribution in [2.75, 3.05) is 18.9 Å². The molecular formula is C20H31N4O14P. The summed E-state index contributed by atoms with van der Waals surface area (Å²) in [5.74, 6) is -4.02. The fourth-order valence-corrected chi connectivity index (χ4v) is 4.99. The number of hydrogen-bond acceptors (Lipinski definition) is 15. The zero-order valence-electron chi connectivity index (χ0n) is 20.4. The molecule has 1 saturated heterocycles. The van der Waals surface area contributed by atoms with Gasteiger partial charge in [0.1, 0.15) is 48.2 Å². The van der Waals surface area contributed by atoms with Crippen LogP contribution in [0.1, 0.15) is 13.2 Å². The predicted octanol–water partition coefficient (Wildman–Crippen LogP) is -5.17. The molecule has 11 atom stereocenters. The van der Waals surface area contributed by atoms with E-state index in [0.717, 1.165) is 23.8 Å². The highest BCUT2D eigenvalue weighted by atomic mass is 31.2. The molecule has 39 heavy (non-hydrogen) atoms. The monoisotopic (exact) mass is 582 g/mol. The lowest BCUT2D eigenvalue weighted by atomic mass is 9.94. The Labute approximate surface area is 220 Å². The molecule has 0 radical (unpaired) electrons. The number of carbonyl (C=O) groups excluding carboxylic acids is 1. The molecular weight excluding hydrogens is 551 g/mol. The van der Waals surface area contributed by atoms with Crippen LogP contribution in [0.2, 0.25) is 0 Å². The standard InChI is InChI=1S/C20H31N4O14P/c1-7(26)22-13-8(27)4-10(37-17(13)14(29)9(28)5-25)19(32)39(34,35)36-6-11-15(30)16(31)18(38-11)24-3-2-12(21)23-20(24)33/h2-4,8-9,11,13-19,25,27-32H,5-6H2,1H3,(H,22,26)(H,34,35)(H2,21,23,33)/t8-,9-,11-,13-,14-,15?,16+,17?,18-,19?/m1/s1. The Hall–Kier alpha value is -2.48. The number of hydrogen-bond donors (Lipinski definition) is 10. The quantitative estimate of drug-likeness (QED) is 0.115. The van der Waals surface area contributed by atoms with Gasteiger partial charge in [-0.1, -0.05) is 0 Å². The fraction of sp³-hybridized carbons (Fsp3) is 0.650. The first-order valence-corrected chi connectivity index (χ1v) is 13.1. The second-order valence-electron chi connectivity index (χ2n) is 8.93. The Morgan fingerprint density at radius 3 is 2.54 bits per heavy atom. The van der Waals surface area contributed by atoms with E-state index in [1.807, 2.05) is 0 Å². The second-order valence-corrected chi connectivity index (χ2v) is 10.8. The number of nitrogen functional groups attached to an aromatic ring is 1. The molecule has 2 aliphatic rings. The normalized spacial score (nSPS) is 32.8. The zero-order chi connectivity index (χ0) is 29.2. The smallest absolute Gasteiger partial charge is 0.364 e. The van der Waals surface area contributed by atoms with E-state index >= 15 is 0 Å². The van der Waals surface area contributed by atoms with Crippen LogP contribution in [0.3, 0.4) is 0 Å². The summed E-state index contributed by atoms with van der Waals surface area (Å²) < 4.78 is 29.3. The molecule has 3 rings (SSSR count). The van der Waals surface area contributed by atoms with Crippen LogP contribution >= 0.6 is 7.60 Å². The van der Waals surface area contributed by atoms with Crippen LogP contribution in [0, 0.1) is 0 Å².